The van der Waals surface area contributed by atoms with Crippen molar-refractivity contribution < 1.29 is 9.90 Å². The number of aromatic nitrogens is 2. The third kappa shape index (κ3) is 2.52. The van der Waals surface area contributed by atoms with Crippen LogP contribution >= 0.6 is 0 Å². The lowest BCUT2D eigenvalue weighted by molar-refractivity contribution is 0.0689. The molecule has 1 unspecified atom stereocenters. The van der Waals surface area contributed by atoms with E-state index in [0.29, 0.717) is 6.04 Å². The van der Waals surface area contributed by atoms with Gasteiger partial charge in [0.1, 0.15) is 0 Å². The van der Waals surface area contributed by atoms with E-state index in [1.807, 2.05) is 0 Å². The van der Waals surface area contributed by atoms with Crippen molar-refractivity contribution in [1.82, 2.24) is 15.1 Å². The monoisotopic (exact) mass is 236 g/mol. The van der Waals surface area contributed by atoms with E-state index in [4.69, 9.17) is 5.11 Å². The molecule has 92 valence electrons. The largest absolute Gasteiger partial charge is 0.476 e. The van der Waals surface area contributed by atoms with E-state index in [9.17, 15) is 4.79 Å². The molecule has 0 amide bonds. The minimum absolute atomic E-state index is 0.0180. The molecule has 17 heavy (non-hydrogen) atoms. The maximum absolute atomic E-state index is 10.7. The van der Waals surface area contributed by atoms with Gasteiger partial charge in [0.2, 0.25) is 0 Å². The summed E-state index contributed by atoms with van der Waals surface area (Å²) in [5.41, 5.74) is -0.0180. The smallest absolute Gasteiger partial charge is 0.356 e. The van der Waals surface area contributed by atoms with Gasteiger partial charge in [0.25, 0.3) is 0 Å². The Morgan fingerprint density at radius 1 is 1.41 bits per heavy atom. The molecule has 0 spiro atoms. The first kappa shape index (κ1) is 11.8. The molecule has 1 aromatic rings. The zero-order valence-electron chi connectivity index (χ0n) is 10.00. The Hall–Kier alpha value is -1.69. The number of rotatable bonds is 2. The minimum atomic E-state index is -1.05. The number of likely N-dealkylation sites (N-methyl/N-ethyl adjacent to an activating group) is 1. The summed E-state index contributed by atoms with van der Waals surface area (Å²) in [7, 11) is 2.09. The van der Waals surface area contributed by atoms with E-state index in [0.717, 1.165) is 25.5 Å². The molecule has 1 aliphatic rings. The van der Waals surface area contributed by atoms with Gasteiger partial charge >= 0.3 is 5.97 Å². The van der Waals surface area contributed by atoms with E-state index in [1.165, 1.54) is 6.07 Å². The van der Waals surface area contributed by atoms with E-state index >= 15 is 0 Å². The lowest BCUT2D eigenvalue weighted by Gasteiger charge is -2.38. The van der Waals surface area contributed by atoms with Crippen molar-refractivity contribution in [2.45, 2.75) is 13.0 Å². The molecule has 1 saturated heterocycles. The quantitative estimate of drug-likeness (QED) is 0.797. The van der Waals surface area contributed by atoms with Gasteiger partial charge in [-0.2, -0.15) is 0 Å². The molecule has 2 heterocycles. The summed E-state index contributed by atoms with van der Waals surface area (Å²) in [4.78, 5) is 15.1. The van der Waals surface area contributed by atoms with Crippen LogP contribution in [0.15, 0.2) is 12.1 Å². The molecule has 0 aliphatic carbocycles. The summed E-state index contributed by atoms with van der Waals surface area (Å²) in [5, 5.41) is 16.4. The van der Waals surface area contributed by atoms with Crippen LogP contribution < -0.4 is 4.90 Å². The van der Waals surface area contributed by atoms with Crippen LogP contribution in [-0.4, -0.2) is 58.9 Å². The highest BCUT2D eigenvalue weighted by Gasteiger charge is 2.22. The second-order valence-electron chi connectivity index (χ2n) is 4.39. The third-order valence-corrected chi connectivity index (χ3v) is 2.99. The number of carboxylic acids is 1. The number of nitrogens with zero attached hydrogens (tertiary/aromatic N) is 4. The number of carbonyl (C=O) groups is 1. The Balaban J connectivity index is 2.14. The Bertz CT molecular complexity index is 406. The summed E-state index contributed by atoms with van der Waals surface area (Å²) in [6.07, 6.45) is 0. The number of hydrogen-bond donors (Lipinski definition) is 1. The summed E-state index contributed by atoms with van der Waals surface area (Å²) < 4.78 is 0. The number of aromatic carboxylic acids is 1. The Morgan fingerprint density at radius 3 is 2.71 bits per heavy atom. The molecule has 1 N–H and O–H groups in total. The van der Waals surface area contributed by atoms with Gasteiger partial charge in [-0.25, -0.2) is 4.79 Å². The van der Waals surface area contributed by atoms with Crippen molar-refractivity contribution in [3.63, 3.8) is 0 Å². The van der Waals surface area contributed by atoms with Crippen LogP contribution in [0, 0.1) is 0 Å². The highest BCUT2D eigenvalue weighted by Crippen LogP contribution is 2.16. The first-order chi connectivity index (χ1) is 8.08. The third-order valence-electron chi connectivity index (χ3n) is 2.99. The van der Waals surface area contributed by atoms with Gasteiger partial charge in [-0.05, 0) is 26.1 Å². The van der Waals surface area contributed by atoms with Crippen LogP contribution in [0.1, 0.15) is 17.4 Å². The average molecular weight is 236 g/mol. The average Bonchev–Trinajstić information content (AvgIpc) is 2.29. The molecular weight excluding hydrogens is 220 g/mol. The molecule has 1 fully saturated rings. The topological polar surface area (TPSA) is 69.6 Å². The fourth-order valence-corrected chi connectivity index (χ4v) is 2.07. The van der Waals surface area contributed by atoms with Crippen LogP contribution in [-0.2, 0) is 0 Å². The molecule has 0 radical (unpaired) electrons. The molecule has 0 aromatic carbocycles. The van der Waals surface area contributed by atoms with Crippen molar-refractivity contribution in [3.05, 3.63) is 17.8 Å². The second-order valence-corrected chi connectivity index (χ2v) is 4.39. The maximum atomic E-state index is 10.7. The van der Waals surface area contributed by atoms with Gasteiger partial charge in [-0.1, -0.05) is 0 Å². The van der Waals surface area contributed by atoms with Crippen molar-refractivity contribution >= 4 is 11.8 Å². The normalized spacial score (nSPS) is 21.5. The number of carboxylic acid groups (broad SMARTS) is 1. The molecule has 2 rings (SSSR count). The zero-order chi connectivity index (χ0) is 12.4. The first-order valence-corrected chi connectivity index (χ1v) is 5.60. The number of piperazine rings is 1. The molecule has 0 bridgehead atoms. The van der Waals surface area contributed by atoms with Gasteiger partial charge in [0.05, 0.1) is 0 Å². The van der Waals surface area contributed by atoms with Crippen molar-refractivity contribution in [1.29, 1.82) is 0 Å². The highest BCUT2D eigenvalue weighted by atomic mass is 16.4. The summed E-state index contributed by atoms with van der Waals surface area (Å²) in [5.74, 6) is -0.300. The SMILES string of the molecule is CC1CN(C)CCN1c1ccc(C(=O)O)nn1. The molecule has 6 nitrogen and oxygen atoms in total. The summed E-state index contributed by atoms with van der Waals surface area (Å²) in [6.45, 7) is 4.97. The van der Waals surface area contributed by atoms with Gasteiger partial charge < -0.3 is 14.9 Å². The standard InChI is InChI=1S/C11H16N4O2/c1-8-7-14(2)5-6-15(8)10-4-3-9(11(16)17)12-13-10/h3-4,8H,5-7H2,1-2H3,(H,16,17). The van der Waals surface area contributed by atoms with Crippen molar-refractivity contribution in [2.24, 2.45) is 0 Å². The van der Waals surface area contributed by atoms with E-state index in [1.54, 1.807) is 6.07 Å². The Kier molecular flexibility index (Phi) is 3.23. The number of anilines is 1. The van der Waals surface area contributed by atoms with E-state index < -0.39 is 5.97 Å². The fourth-order valence-electron chi connectivity index (χ4n) is 2.07. The summed E-state index contributed by atoms with van der Waals surface area (Å²) >= 11 is 0. The van der Waals surface area contributed by atoms with Crippen LogP contribution in [0.25, 0.3) is 0 Å². The van der Waals surface area contributed by atoms with Crippen LogP contribution in [0.2, 0.25) is 0 Å². The first-order valence-electron chi connectivity index (χ1n) is 5.60. The van der Waals surface area contributed by atoms with Crippen LogP contribution in [0.3, 0.4) is 0 Å². The lowest BCUT2D eigenvalue weighted by atomic mass is 10.2. The second kappa shape index (κ2) is 4.67. The number of hydrogen-bond acceptors (Lipinski definition) is 5. The van der Waals surface area contributed by atoms with Gasteiger partial charge in [0.15, 0.2) is 11.5 Å². The lowest BCUT2D eigenvalue weighted by Crippen LogP contribution is -2.50. The van der Waals surface area contributed by atoms with Crippen LogP contribution in [0.5, 0.6) is 0 Å². The molecule has 1 aromatic heterocycles. The molecule has 1 atom stereocenters. The summed E-state index contributed by atoms with van der Waals surface area (Å²) in [6, 6.07) is 3.58. The highest BCUT2D eigenvalue weighted by molar-refractivity contribution is 5.85. The zero-order valence-corrected chi connectivity index (χ0v) is 10.00. The minimum Gasteiger partial charge on any atom is -0.476 e. The van der Waals surface area contributed by atoms with Gasteiger partial charge in [-0.15, -0.1) is 10.2 Å². The maximum Gasteiger partial charge on any atom is 0.356 e. The predicted octanol–water partition coefficient (Wildman–Crippen LogP) is 0.315. The molecular formula is C11H16N4O2. The molecule has 6 heteroatoms. The molecule has 0 saturated carbocycles. The van der Waals surface area contributed by atoms with Gasteiger partial charge in [-0.3, -0.25) is 0 Å². The van der Waals surface area contributed by atoms with Crippen molar-refractivity contribution in [3.8, 4) is 0 Å². The van der Waals surface area contributed by atoms with Crippen molar-refractivity contribution in [2.75, 3.05) is 31.6 Å². The van der Waals surface area contributed by atoms with E-state index in [-0.39, 0.29) is 5.69 Å². The Morgan fingerprint density at radius 2 is 2.18 bits per heavy atom. The fraction of sp³-hybridized carbons (Fsp3) is 0.545. The predicted molar refractivity (Wildman–Crippen MR) is 63.3 cm³/mol. The molecule has 1 aliphatic heterocycles. The van der Waals surface area contributed by atoms with Gasteiger partial charge in [0, 0.05) is 25.7 Å². The van der Waals surface area contributed by atoms with E-state index in [2.05, 4.69) is 34.0 Å². The van der Waals surface area contributed by atoms with Crippen LogP contribution in [0.4, 0.5) is 5.82 Å². The Labute approximate surface area is 99.9 Å².